The summed E-state index contributed by atoms with van der Waals surface area (Å²) in [5.41, 5.74) is 2.07. The molecule has 27 heavy (non-hydrogen) atoms. The SMILES string of the molecule is COc1cccc(/C=C/C(=O)N2CCN(Cc3ccncc3)CC2)c1OC. The van der Waals surface area contributed by atoms with E-state index in [1.807, 2.05) is 47.6 Å². The molecule has 1 amide bonds. The Bertz CT molecular complexity index is 785. The lowest BCUT2D eigenvalue weighted by atomic mass is 10.1. The number of aromatic nitrogens is 1. The van der Waals surface area contributed by atoms with E-state index in [4.69, 9.17) is 9.47 Å². The Balaban J connectivity index is 1.56. The maximum atomic E-state index is 12.5. The largest absolute Gasteiger partial charge is 0.493 e. The van der Waals surface area contributed by atoms with Crippen molar-refractivity contribution in [1.82, 2.24) is 14.8 Å². The number of rotatable bonds is 6. The zero-order valence-corrected chi connectivity index (χ0v) is 15.8. The summed E-state index contributed by atoms with van der Waals surface area (Å²) >= 11 is 0. The monoisotopic (exact) mass is 367 g/mol. The number of ether oxygens (including phenoxy) is 2. The Morgan fingerprint density at radius 1 is 1.07 bits per heavy atom. The van der Waals surface area contributed by atoms with Gasteiger partial charge in [-0.05, 0) is 29.8 Å². The summed E-state index contributed by atoms with van der Waals surface area (Å²) < 4.78 is 10.7. The van der Waals surface area contributed by atoms with Gasteiger partial charge in [-0.3, -0.25) is 14.7 Å². The van der Waals surface area contributed by atoms with E-state index in [1.165, 1.54) is 5.56 Å². The van der Waals surface area contributed by atoms with Gasteiger partial charge >= 0.3 is 0 Å². The van der Waals surface area contributed by atoms with Crippen molar-refractivity contribution in [3.8, 4) is 11.5 Å². The van der Waals surface area contributed by atoms with Gasteiger partial charge in [0.1, 0.15) is 0 Å². The molecule has 1 aliphatic heterocycles. The van der Waals surface area contributed by atoms with E-state index < -0.39 is 0 Å². The highest BCUT2D eigenvalue weighted by atomic mass is 16.5. The first-order chi connectivity index (χ1) is 13.2. The molecule has 0 bridgehead atoms. The molecule has 1 aromatic carbocycles. The minimum absolute atomic E-state index is 0.0171. The summed E-state index contributed by atoms with van der Waals surface area (Å²) in [6, 6.07) is 9.67. The Morgan fingerprint density at radius 2 is 1.81 bits per heavy atom. The molecule has 6 heteroatoms. The number of carbonyl (C=O) groups excluding carboxylic acids is 1. The number of benzene rings is 1. The summed E-state index contributed by atoms with van der Waals surface area (Å²) in [5, 5.41) is 0. The highest BCUT2D eigenvalue weighted by molar-refractivity contribution is 5.92. The van der Waals surface area contributed by atoms with E-state index in [-0.39, 0.29) is 5.91 Å². The molecule has 0 saturated carbocycles. The second-order valence-corrected chi connectivity index (χ2v) is 6.37. The lowest BCUT2D eigenvalue weighted by Gasteiger charge is -2.34. The highest BCUT2D eigenvalue weighted by Gasteiger charge is 2.19. The van der Waals surface area contributed by atoms with Crippen LogP contribution < -0.4 is 9.47 Å². The van der Waals surface area contributed by atoms with Crippen LogP contribution in [0, 0.1) is 0 Å². The summed E-state index contributed by atoms with van der Waals surface area (Å²) in [4.78, 5) is 20.8. The third-order valence-electron chi connectivity index (χ3n) is 4.68. The number of piperazine rings is 1. The molecule has 0 atom stereocenters. The van der Waals surface area contributed by atoms with E-state index >= 15 is 0 Å². The Labute approximate surface area is 160 Å². The number of nitrogens with zero attached hydrogens (tertiary/aromatic N) is 3. The second-order valence-electron chi connectivity index (χ2n) is 6.37. The molecule has 0 N–H and O–H groups in total. The minimum Gasteiger partial charge on any atom is -0.493 e. The maximum absolute atomic E-state index is 12.5. The molecule has 0 spiro atoms. The van der Waals surface area contributed by atoms with Crippen LogP contribution in [-0.4, -0.2) is 61.1 Å². The molecule has 1 aromatic heterocycles. The first-order valence-electron chi connectivity index (χ1n) is 9.00. The molecule has 3 rings (SSSR count). The number of amides is 1. The van der Waals surface area contributed by atoms with E-state index in [0.29, 0.717) is 11.5 Å². The molecule has 1 saturated heterocycles. The molecule has 142 valence electrons. The van der Waals surface area contributed by atoms with Gasteiger partial charge in [0.25, 0.3) is 0 Å². The number of hydrogen-bond acceptors (Lipinski definition) is 5. The van der Waals surface area contributed by atoms with Crippen molar-refractivity contribution in [1.29, 1.82) is 0 Å². The van der Waals surface area contributed by atoms with Crippen molar-refractivity contribution in [3.05, 3.63) is 59.9 Å². The Morgan fingerprint density at radius 3 is 2.48 bits per heavy atom. The molecule has 1 aliphatic rings. The number of methoxy groups -OCH3 is 2. The van der Waals surface area contributed by atoms with E-state index in [2.05, 4.69) is 9.88 Å². The fraction of sp³-hybridized carbons (Fsp3) is 0.333. The van der Waals surface area contributed by atoms with Gasteiger partial charge in [0, 0.05) is 56.8 Å². The van der Waals surface area contributed by atoms with Crippen LogP contribution in [-0.2, 0) is 11.3 Å². The Kier molecular flexibility index (Phi) is 6.44. The fourth-order valence-corrected chi connectivity index (χ4v) is 3.18. The van der Waals surface area contributed by atoms with Crippen molar-refractivity contribution in [2.75, 3.05) is 40.4 Å². The van der Waals surface area contributed by atoms with Crippen molar-refractivity contribution in [2.24, 2.45) is 0 Å². The van der Waals surface area contributed by atoms with E-state index in [9.17, 15) is 4.79 Å². The van der Waals surface area contributed by atoms with Gasteiger partial charge in [0.2, 0.25) is 5.91 Å². The van der Waals surface area contributed by atoms with E-state index in [1.54, 1.807) is 26.4 Å². The van der Waals surface area contributed by atoms with Gasteiger partial charge in [0.05, 0.1) is 14.2 Å². The Hall–Kier alpha value is -2.86. The van der Waals surface area contributed by atoms with Crippen LogP contribution in [0.3, 0.4) is 0 Å². The lowest BCUT2D eigenvalue weighted by Crippen LogP contribution is -2.47. The van der Waals surface area contributed by atoms with Gasteiger partial charge in [-0.15, -0.1) is 0 Å². The molecule has 0 unspecified atom stereocenters. The van der Waals surface area contributed by atoms with Crippen molar-refractivity contribution >= 4 is 12.0 Å². The predicted molar refractivity (Wildman–Crippen MR) is 105 cm³/mol. The van der Waals surface area contributed by atoms with Gasteiger partial charge in [-0.1, -0.05) is 12.1 Å². The molecule has 0 aliphatic carbocycles. The fourth-order valence-electron chi connectivity index (χ4n) is 3.18. The summed E-state index contributed by atoms with van der Waals surface area (Å²) in [5.74, 6) is 1.30. The number of para-hydroxylation sites is 1. The van der Waals surface area contributed by atoms with E-state index in [0.717, 1.165) is 38.3 Å². The summed E-state index contributed by atoms with van der Waals surface area (Å²) in [6.45, 7) is 4.07. The summed E-state index contributed by atoms with van der Waals surface area (Å²) in [6.07, 6.45) is 7.02. The highest BCUT2D eigenvalue weighted by Crippen LogP contribution is 2.31. The van der Waals surface area contributed by atoms with Gasteiger partial charge in [-0.25, -0.2) is 0 Å². The number of hydrogen-bond donors (Lipinski definition) is 0. The maximum Gasteiger partial charge on any atom is 0.246 e. The van der Waals surface area contributed by atoms with Gasteiger partial charge in [0.15, 0.2) is 11.5 Å². The molecular weight excluding hydrogens is 342 g/mol. The zero-order valence-electron chi connectivity index (χ0n) is 15.8. The average Bonchev–Trinajstić information content (AvgIpc) is 2.72. The topological polar surface area (TPSA) is 54.9 Å². The van der Waals surface area contributed by atoms with Crippen LogP contribution in [0.25, 0.3) is 6.08 Å². The predicted octanol–water partition coefficient (Wildman–Crippen LogP) is 2.46. The molecule has 1 fully saturated rings. The second kappa shape index (κ2) is 9.19. The van der Waals surface area contributed by atoms with Crippen LogP contribution in [0.15, 0.2) is 48.8 Å². The van der Waals surface area contributed by atoms with Crippen LogP contribution in [0.4, 0.5) is 0 Å². The first kappa shape index (κ1) is 18.9. The lowest BCUT2D eigenvalue weighted by molar-refractivity contribution is -0.127. The van der Waals surface area contributed by atoms with Crippen LogP contribution in [0.1, 0.15) is 11.1 Å². The third kappa shape index (κ3) is 4.86. The quantitative estimate of drug-likeness (QED) is 0.734. The van der Waals surface area contributed by atoms with Crippen LogP contribution >= 0.6 is 0 Å². The van der Waals surface area contributed by atoms with Crippen molar-refractivity contribution in [3.63, 3.8) is 0 Å². The van der Waals surface area contributed by atoms with Crippen LogP contribution in [0.2, 0.25) is 0 Å². The number of carbonyl (C=O) groups is 1. The molecule has 6 nitrogen and oxygen atoms in total. The van der Waals surface area contributed by atoms with Gasteiger partial charge in [-0.2, -0.15) is 0 Å². The van der Waals surface area contributed by atoms with Crippen LogP contribution in [0.5, 0.6) is 11.5 Å². The molecule has 0 radical (unpaired) electrons. The van der Waals surface area contributed by atoms with Crippen molar-refractivity contribution < 1.29 is 14.3 Å². The van der Waals surface area contributed by atoms with Crippen molar-refractivity contribution in [2.45, 2.75) is 6.54 Å². The minimum atomic E-state index is 0.0171. The first-order valence-corrected chi connectivity index (χ1v) is 9.00. The summed E-state index contributed by atoms with van der Waals surface area (Å²) in [7, 11) is 3.20. The normalized spacial score (nSPS) is 15.1. The molecule has 2 aromatic rings. The standard InChI is InChI=1S/C21H25N3O3/c1-26-19-5-3-4-18(21(19)27-2)6-7-20(25)24-14-12-23(13-15-24)16-17-8-10-22-11-9-17/h3-11H,12-16H2,1-2H3/b7-6+. The number of pyridine rings is 1. The zero-order chi connectivity index (χ0) is 19.1. The smallest absolute Gasteiger partial charge is 0.246 e. The molecular formula is C21H25N3O3. The van der Waals surface area contributed by atoms with Gasteiger partial charge < -0.3 is 14.4 Å². The third-order valence-corrected chi connectivity index (χ3v) is 4.68. The average molecular weight is 367 g/mol. The molecule has 2 heterocycles.